The molecule has 5 heteroatoms. The number of carbonyl (C=O) groups is 2. The number of carboxylic acid groups (broad SMARTS) is 1. The Bertz CT molecular complexity index is 531. The summed E-state index contributed by atoms with van der Waals surface area (Å²) < 4.78 is 1.54. The Morgan fingerprint density at radius 1 is 1.19 bits per heavy atom. The summed E-state index contributed by atoms with van der Waals surface area (Å²) >= 11 is 0. The normalized spacial score (nSPS) is 22.9. The van der Waals surface area contributed by atoms with E-state index in [1.165, 1.54) is 30.3 Å². The Morgan fingerprint density at radius 3 is 2.67 bits per heavy atom. The highest BCUT2D eigenvalue weighted by Crippen LogP contribution is 2.36. The van der Waals surface area contributed by atoms with Crippen molar-refractivity contribution in [2.24, 2.45) is 5.92 Å². The molecule has 1 saturated carbocycles. The predicted molar refractivity (Wildman–Crippen MR) is 78.1 cm³/mol. The molecule has 2 heterocycles. The lowest BCUT2D eigenvalue weighted by Gasteiger charge is -2.29. The minimum atomic E-state index is -0.922. The number of rotatable bonds is 4. The van der Waals surface area contributed by atoms with E-state index in [2.05, 4.69) is 0 Å². The van der Waals surface area contributed by atoms with Crippen molar-refractivity contribution in [3.05, 3.63) is 24.0 Å². The van der Waals surface area contributed by atoms with Crippen molar-refractivity contribution < 1.29 is 14.7 Å². The van der Waals surface area contributed by atoms with Gasteiger partial charge in [-0.1, -0.05) is 12.8 Å². The fourth-order valence-corrected chi connectivity index (χ4v) is 3.92. The number of aliphatic carboxylic acids is 1. The van der Waals surface area contributed by atoms with Gasteiger partial charge in [-0.25, -0.2) is 0 Å². The van der Waals surface area contributed by atoms with E-state index in [0.717, 1.165) is 19.4 Å². The lowest BCUT2D eigenvalue weighted by molar-refractivity contribution is -0.137. The van der Waals surface area contributed by atoms with Crippen LogP contribution in [0.2, 0.25) is 0 Å². The second-order valence-electron chi connectivity index (χ2n) is 6.17. The van der Waals surface area contributed by atoms with Gasteiger partial charge < -0.3 is 14.6 Å². The third-order valence-corrected chi connectivity index (χ3v) is 4.86. The first-order chi connectivity index (χ1) is 10.2. The molecule has 21 heavy (non-hydrogen) atoms. The van der Waals surface area contributed by atoms with Crippen molar-refractivity contribution in [2.75, 3.05) is 6.54 Å². The van der Waals surface area contributed by atoms with Gasteiger partial charge in [0, 0.05) is 18.8 Å². The maximum atomic E-state index is 12.8. The van der Waals surface area contributed by atoms with Crippen molar-refractivity contribution in [2.45, 2.75) is 51.1 Å². The minimum absolute atomic E-state index is 0.00403. The third-order valence-electron chi connectivity index (χ3n) is 4.86. The van der Waals surface area contributed by atoms with E-state index in [9.17, 15) is 9.59 Å². The topological polar surface area (TPSA) is 62.5 Å². The van der Waals surface area contributed by atoms with E-state index in [0.29, 0.717) is 17.7 Å². The second-order valence-corrected chi connectivity index (χ2v) is 6.17. The predicted octanol–water partition coefficient (Wildman–Crippen LogP) is 2.37. The molecule has 5 nitrogen and oxygen atoms in total. The van der Waals surface area contributed by atoms with Crippen molar-refractivity contribution in [1.82, 2.24) is 9.47 Å². The summed E-state index contributed by atoms with van der Waals surface area (Å²) in [5.41, 5.74) is 0.502. The van der Waals surface area contributed by atoms with Crippen molar-refractivity contribution >= 4 is 11.9 Å². The molecule has 2 aliphatic rings. The van der Waals surface area contributed by atoms with Crippen LogP contribution in [-0.4, -0.2) is 39.0 Å². The Morgan fingerprint density at radius 2 is 1.95 bits per heavy atom. The average Bonchev–Trinajstić information content (AvgIpc) is 3.18. The third kappa shape index (κ3) is 2.82. The Balaban J connectivity index is 1.77. The van der Waals surface area contributed by atoms with Gasteiger partial charge in [0.25, 0.3) is 5.91 Å². The quantitative estimate of drug-likeness (QED) is 0.926. The van der Waals surface area contributed by atoms with Gasteiger partial charge in [0.05, 0.1) is 0 Å². The van der Waals surface area contributed by atoms with Crippen molar-refractivity contribution in [3.8, 4) is 0 Å². The highest BCUT2D eigenvalue weighted by atomic mass is 16.4. The SMILES string of the molecule is O=C(O)Cn1cccc1C(=O)N1CCCC1C1CCCC1. The molecule has 1 amide bonds. The molecule has 1 unspecified atom stereocenters. The molecule has 1 N–H and O–H groups in total. The van der Waals surface area contributed by atoms with E-state index in [1.54, 1.807) is 18.3 Å². The van der Waals surface area contributed by atoms with Gasteiger partial charge in [0.15, 0.2) is 0 Å². The highest BCUT2D eigenvalue weighted by Gasteiger charge is 2.36. The van der Waals surface area contributed by atoms with Gasteiger partial charge in [-0.2, -0.15) is 0 Å². The van der Waals surface area contributed by atoms with Crippen LogP contribution in [0.15, 0.2) is 18.3 Å². The second kappa shape index (κ2) is 5.92. The number of aromatic nitrogens is 1. The number of nitrogens with zero attached hydrogens (tertiary/aromatic N) is 2. The molecule has 3 rings (SSSR count). The molecule has 1 saturated heterocycles. The summed E-state index contributed by atoms with van der Waals surface area (Å²) in [6.45, 7) is 0.647. The van der Waals surface area contributed by atoms with Crippen LogP contribution in [0.3, 0.4) is 0 Å². The molecule has 1 aliphatic heterocycles. The number of amides is 1. The van der Waals surface area contributed by atoms with Crippen LogP contribution in [0.25, 0.3) is 0 Å². The van der Waals surface area contributed by atoms with Gasteiger partial charge in [-0.3, -0.25) is 9.59 Å². The van der Waals surface area contributed by atoms with E-state index < -0.39 is 5.97 Å². The molecular formula is C16H22N2O3. The van der Waals surface area contributed by atoms with E-state index >= 15 is 0 Å². The fourth-order valence-electron chi connectivity index (χ4n) is 3.92. The number of likely N-dealkylation sites (tertiary alicyclic amines) is 1. The summed E-state index contributed by atoms with van der Waals surface area (Å²) in [5.74, 6) is -0.288. The van der Waals surface area contributed by atoms with Gasteiger partial charge in [-0.15, -0.1) is 0 Å². The van der Waals surface area contributed by atoms with Crippen LogP contribution >= 0.6 is 0 Å². The maximum Gasteiger partial charge on any atom is 0.323 e. The van der Waals surface area contributed by atoms with Gasteiger partial charge in [0.2, 0.25) is 0 Å². The molecule has 1 aromatic heterocycles. The number of carboxylic acids is 1. The Kier molecular flexibility index (Phi) is 3.99. The van der Waals surface area contributed by atoms with Crippen LogP contribution in [0.4, 0.5) is 0 Å². The molecule has 114 valence electrons. The van der Waals surface area contributed by atoms with E-state index in [-0.39, 0.29) is 12.5 Å². The summed E-state index contributed by atoms with van der Waals surface area (Å²) in [6, 6.07) is 3.83. The number of hydrogen-bond acceptors (Lipinski definition) is 2. The molecule has 1 aromatic rings. The first-order valence-corrected chi connectivity index (χ1v) is 7.84. The van der Waals surface area contributed by atoms with E-state index in [4.69, 9.17) is 5.11 Å². The zero-order valence-electron chi connectivity index (χ0n) is 12.2. The van der Waals surface area contributed by atoms with Gasteiger partial charge >= 0.3 is 5.97 Å². The molecule has 0 radical (unpaired) electrons. The van der Waals surface area contributed by atoms with Crippen LogP contribution < -0.4 is 0 Å². The number of hydrogen-bond donors (Lipinski definition) is 1. The smallest absolute Gasteiger partial charge is 0.323 e. The molecule has 0 bridgehead atoms. The van der Waals surface area contributed by atoms with Crippen LogP contribution in [0.1, 0.15) is 49.0 Å². The Hall–Kier alpha value is -1.78. The van der Waals surface area contributed by atoms with Crippen molar-refractivity contribution in [3.63, 3.8) is 0 Å². The molecular weight excluding hydrogens is 268 g/mol. The molecule has 1 aliphatic carbocycles. The monoisotopic (exact) mass is 290 g/mol. The summed E-state index contributed by atoms with van der Waals surface area (Å²) in [4.78, 5) is 25.7. The first-order valence-electron chi connectivity index (χ1n) is 7.84. The van der Waals surface area contributed by atoms with E-state index in [1.807, 2.05) is 4.90 Å². The van der Waals surface area contributed by atoms with Crippen LogP contribution in [-0.2, 0) is 11.3 Å². The molecule has 0 aromatic carbocycles. The highest BCUT2D eigenvalue weighted by molar-refractivity contribution is 5.93. The molecule has 2 fully saturated rings. The fraction of sp³-hybridized carbons (Fsp3) is 0.625. The minimum Gasteiger partial charge on any atom is -0.480 e. The summed E-state index contributed by atoms with van der Waals surface area (Å²) in [5, 5.41) is 8.94. The van der Waals surface area contributed by atoms with Crippen molar-refractivity contribution in [1.29, 1.82) is 0 Å². The zero-order chi connectivity index (χ0) is 14.8. The lowest BCUT2D eigenvalue weighted by atomic mass is 9.96. The summed E-state index contributed by atoms with van der Waals surface area (Å²) in [7, 11) is 0. The molecule has 0 spiro atoms. The lowest BCUT2D eigenvalue weighted by Crippen LogP contribution is -2.40. The summed E-state index contributed by atoms with van der Waals surface area (Å²) in [6.07, 6.45) is 8.83. The standard InChI is InChI=1S/C16H22N2O3/c19-15(20)11-17-9-3-8-14(17)16(21)18-10-4-7-13(18)12-5-1-2-6-12/h3,8-9,12-13H,1-2,4-7,10-11H2,(H,19,20). The average molecular weight is 290 g/mol. The first kappa shape index (κ1) is 14.2. The maximum absolute atomic E-state index is 12.8. The van der Waals surface area contributed by atoms with Gasteiger partial charge in [-0.05, 0) is 43.7 Å². The molecule has 1 atom stereocenters. The van der Waals surface area contributed by atoms with Crippen LogP contribution in [0.5, 0.6) is 0 Å². The van der Waals surface area contributed by atoms with Gasteiger partial charge in [0.1, 0.15) is 12.2 Å². The zero-order valence-corrected chi connectivity index (χ0v) is 12.2. The largest absolute Gasteiger partial charge is 0.480 e. The number of carbonyl (C=O) groups excluding carboxylic acids is 1. The Labute approximate surface area is 124 Å². The van der Waals surface area contributed by atoms with Crippen LogP contribution in [0, 0.1) is 5.92 Å².